The van der Waals surface area contributed by atoms with Crippen LogP contribution in [0.25, 0.3) is 16.7 Å². The van der Waals surface area contributed by atoms with Crippen molar-refractivity contribution in [2.24, 2.45) is 0 Å². The van der Waals surface area contributed by atoms with Crippen molar-refractivity contribution in [3.63, 3.8) is 0 Å². The van der Waals surface area contributed by atoms with Crippen LogP contribution >= 0.6 is 0 Å². The van der Waals surface area contributed by atoms with E-state index in [1.165, 1.54) is 0 Å². The third kappa shape index (κ3) is 1.59. The Balaban J connectivity index is 2.27. The third-order valence-corrected chi connectivity index (χ3v) is 2.90. The van der Waals surface area contributed by atoms with Crippen LogP contribution in [-0.4, -0.2) is 16.7 Å². The Morgan fingerprint density at radius 2 is 1.89 bits per heavy atom. The summed E-state index contributed by atoms with van der Waals surface area (Å²) in [7, 11) is 1.64. The molecule has 0 saturated carbocycles. The Bertz CT molecular complexity index is 689. The maximum Gasteiger partial charge on any atom is 0.205 e. The van der Waals surface area contributed by atoms with Crippen LogP contribution < -0.4 is 10.5 Å². The van der Waals surface area contributed by atoms with Gasteiger partial charge in [0.1, 0.15) is 5.75 Å². The highest BCUT2D eigenvalue weighted by Gasteiger charge is 2.10. The lowest BCUT2D eigenvalue weighted by molar-refractivity contribution is 0.415. The van der Waals surface area contributed by atoms with Crippen molar-refractivity contribution in [1.82, 2.24) is 9.55 Å². The quantitative estimate of drug-likeness (QED) is 0.748. The molecule has 0 spiro atoms. The summed E-state index contributed by atoms with van der Waals surface area (Å²) in [6, 6.07) is 15.7. The SMILES string of the molecule is COc1ccc2c(c1)nc(N)n2-c1ccccc1. The number of rotatable bonds is 2. The topological polar surface area (TPSA) is 53.1 Å². The highest BCUT2D eigenvalue weighted by molar-refractivity contribution is 5.82. The summed E-state index contributed by atoms with van der Waals surface area (Å²) in [5, 5.41) is 0. The Morgan fingerprint density at radius 1 is 1.11 bits per heavy atom. The van der Waals surface area contributed by atoms with Crippen LogP contribution in [0.4, 0.5) is 5.95 Å². The Labute approximate surface area is 105 Å². The molecule has 0 aliphatic heterocycles. The number of methoxy groups -OCH3 is 1. The van der Waals surface area contributed by atoms with Gasteiger partial charge in [-0.3, -0.25) is 4.57 Å². The van der Waals surface area contributed by atoms with Crippen molar-refractivity contribution in [1.29, 1.82) is 0 Å². The van der Waals surface area contributed by atoms with Gasteiger partial charge in [-0.2, -0.15) is 0 Å². The van der Waals surface area contributed by atoms with E-state index in [0.29, 0.717) is 5.95 Å². The summed E-state index contributed by atoms with van der Waals surface area (Å²) >= 11 is 0. The molecule has 1 heterocycles. The fraction of sp³-hybridized carbons (Fsp3) is 0.0714. The van der Waals surface area contributed by atoms with Gasteiger partial charge in [-0.15, -0.1) is 0 Å². The van der Waals surface area contributed by atoms with E-state index >= 15 is 0 Å². The molecule has 4 nitrogen and oxygen atoms in total. The first-order chi connectivity index (χ1) is 8.79. The summed E-state index contributed by atoms with van der Waals surface area (Å²) in [5.74, 6) is 1.25. The van der Waals surface area contributed by atoms with Crippen LogP contribution in [-0.2, 0) is 0 Å². The molecule has 0 atom stereocenters. The predicted octanol–water partition coefficient (Wildman–Crippen LogP) is 2.62. The average molecular weight is 239 g/mol. The molecule has 2 N–H and O–H groups in total. The Kier molecular flexibility index (Phi) is 2.41. The van der Waals surface area contributed by atoms with Gasteiger partial charge in [-0.25, -0.2) is 4.98 Å². The minimum atomic E-state index is 0.476. The van der Waals surface area contributed by atoms with Crippen molar-refractivity contribution in [2.45, 2.75) is 0 Å². The van der Waals surface area contributed by atoms with Crippen LogP contribution in [0.5, 0.6) is 5.75 Å². The molecule has 18 heavy (non-hydrogen) atoms. The van der Waals surface area contributed by atoms with E-state index in [1.54, 1.807) is 7.11 Å². The van der Waals surface area contributed by atoms with Gasteiger partial charge in [-0.05, 0) is 24.3 Å². The van der Waals surface area contributed by atoms with E-state index in [9.17, 15) is 0 Å². The standard InChI is InChI=1S/C14H13N3O/c1-18-11-7-8-13-12(9-11)16-14(15)17(13)10-5-3-2-4-6-10/h2-9H,1H3,(H2,15,16). The summed E-state index contributed by atoms with van der Waals surface area (Å²) in [4.78, 5) is 4.36. The largest absolute Gasteiger partial charge is 0.497 e. The fourth-order valence-electron chi connectivity index (χ4n) is 2.05. The highest BCUT2D eigenvalue weighted by atomic mass is 16.5. The van der Waals surface area contributed by atoms with Crippen molar-refractivity contribution in [3.8, 4) is 11.4 Å². The van der Waals surface area contributed by atoms with Crippen LogP contribution in [0.15, 0.2) is 48.5 Å². The van der Waals surface area contributed by atoms with Crippen LogP contribution in [0.3, 0.4) is 0 Å². The zero-order valence-corrected chi connectivity index (χ0v) is 10.00. The third-order valence-electron chi connectivity index (χ3n) is 2.90. The van der Waals surface area contributed by atoms with Gasteiger partial charge >= 0.3 is 0 Å². The fourth-order valence-corrected chi connectivity index (χ4v) is 2.05. The number of imidazole rings is 1. The second kappa shape index (κ2) is 4.07. The lowest BCUT2D eigenvalue weighted by atomic mass is 10.2. The maximum atomic E-state index is 5.99. The molecule has 2 aromatic carbocycles. The van der Waals surface area contributed by atoms with E-state index in [0.717, 1.165) is 22.5 Å². The minimum absolute atomic E-state index is 0.476. The van der Waals surface area contributed by atoms with Crippen LogP contribution in [0.1, 0.15) is 0 Å². The number of nitrogens with two attached hydrogens (primary N) is 1. The van der Waals surface area contributed by atoms with E-state index in [-0.39, 0.29) is 0 Å². The van der Waals surface area contributed by atoms with Gasteiger partial charge in [0.15, 0.2) is 0 Å². The van der Waals surface area contributed by atoms with Gasteiger partial charge in [0.2, 0.25) is 5.95 Å². The molecule has 0 aliphatic carbocycles. The molecule has 3 rings (SSSR count). The molecule has 90 valence electrons. The van der Waals surface area contributed by atoms with E-state index < -0.39 is 0 Å². The normalized spacial score (nSPS) is 10.7. The highest BCUT2D eigenvalue weighted by Crippen LogP contribution is 2.25. The summed E-state index contributed by atoms with van der Waals surface area (Å²) in [5.41, 5.74) is 8.79. The van der Waals surface area contributed by atoms with Gasteiger partial charge in [0.05, 0.1) is 18.1 Å². The average Bonchev–Trinajstić information content (AvgIpc) is 2.74. The minimum Gasteiger partial charge on any atom is -0.497 e. The molecular formula is C14H13N3O. The van der Waals surface area contributed by atoms with Crippen LogP contribution in [0.2, 0.25) is 0 Å². The predicted molar refractivity (Wildman–Crippen MR) is 72.0 cm³/mol. The molecule has 0 aliphatic rings. The van der Waals surface area contributed by atoms with E-state index in [2.05, 4.69) is 4.98 Å². The van der Waals surface area contributed by atoms with Gasteiger partial charge in [0, 0.05) is 11.8 Å². The number of fused-ring (bicyclic) bond motifs is 1. The first-order valence-electron chi connectivity index (χ1n) is 5.67. The van der Waals surface area contributed by atoms with E-state index in [1.807, 2.05) is 53.1 Å². The maximum absolute atomic E-state index is 5.99. The number of nitrogen functional groups attached to an aromatic ring is 1. The van der Waals surface area contributed by atoms with Gasteiger partial charge in [0.25, 0.3) is 0 Å². The second-order valence-electron chi connectivity index (χ2n) is 4.00. The first-order valence-corrected chi connectivity index (χ1v) is 5.67. The molecule has 0 bridgehead atoms. The molecular weight excluding hydrogens is 226 g/mol. The Hall–Kier alpha value is -2.49. The number of ether oxygens (including phenoxy) is 1. The Morgan fingerprint density at radius 3 is 2.61 bits per heavy atom. The van der Waals surface area contributed by atoms with Gasteiger partial charge in [-0.1, -0.05) is 18.2 Å². The van der Waals surface area contributed by atoms with Gasteiger partial charge < -0.3 is 10.5 Å². The zero-order chi connectivity index (χ0) is 12.5. The van der Waals surface area contributed by atoms with Crippen molar-refractivity contribution in [3.05, 3.63) is 48.5 Å². The molecule has 3 aromatic rings. The number of benzene rings is 2. The number of nitrogens with zero attached hydrogens (tertiary/aromatic N) is 2. The number of para-hydroxylation sites is 1. The van der Waals surface area contributed by atoms with E-state index in [4.69, 9.17) is 10.5 Å². The van der Waals surface area contributed by atoms with Crippen LogP contribution in [0, 0.1) is 0 Å². The summed E-state index contributed by atoms with van der Waals surface area (Å²) < 4.78 is 7.11. The number of aromatic nitrogens is 2. The van der Waals surface area contributed by atoms with Crippen molar-refractivity contribution in [2.75, 3.05) is 12.8 Å². The monoisotopic (exact) mass is 239 g/mol. The smallest absolute Gasteiger partial charge is 0.205 e. The molecule has 0 radical (unpaired) electrons. The lowest BCUT2D eigenvalue weighted by Crippen LogP contribution is -1.99. The molecule has 1 aromatic heterocycles. The van der Waals surface area contributed by atoms with Crippen molar-refractivity contribution >= 4 is 17.0 Å². The number of anilines is 1. The molecule has 0 fully saturated rings. The lowest BCUT2D eigenvalue weighted by Gasteiger charge is -2.06. The number of hydrogen-bond donors (Lipinski definition) is 1. The molecule has 0 unspecified atom stereocenters. The summed E-state index contributed by atoms with van der Waals surface area (Å²) in [6.45, 7) is 0. The van der Waals surface area contributed by atoms with Crippen molar-refractivity contribution < 1.29 is 4.74 Å². The number of hydrogen-bond acceptors (Lipinski definition) is 3. The summed E-state index contributed by atoms with van der Waals surface area (Å²) in [6.07, 6.45) is 0. The molecule has 0 amide bonds. The first kappa shape index (κ1) is 10.7. The molecule has 0 saturated heterocycles. The zero-order valence-electron chi connectivity index (χ0n) is 10.00. The second-order valence-corrected chi connectivity index (χ2v) is 4.00. The molecule has 4 heteroatoms.